The zero-order chi connectivity index (χ0) is 17.8. The van der Waals surface area contributed by atoms with Crippen molar-refractivity contribution in [2.45, 2.75) is 18.8 Å². The Labute approximate surface area is 156 Å². The molecule has 2 aromatic rings. The monoisotopic (exact) mass is 407 g/mol. The van der Waals surface area contributed by atoms with Gasteiger partial charge in [0.15, 0.2) is 5.96 Å². The highest BCUT2D eigenvalue weighted by Gasteiger charge is 2.26. The molecule has 1 aromatic carbocycles. The van der Waals surface area contributed by atoms with Crippen molar-refractivity contribution in [1.29, 1.82) is 0 Å². The molecule has 0 aliphatic carbocycles. The van der Waals surface area contributed by atoms with E-state index < -0.39 is 0 Å². The second-order valence-corrected chi connectivity index (χ2v) is 7.25. The van der Waals surface area contributed by atoms with Crippen molar-refractivity contribution in [3.8, 4) is 0 Å². The van der Waals surface area contributed by atoms with Crippen LogP contribution in [0, 0.1) is 5.82 Å². The van der Waals surface area contributed by atoms with E-state index in [1.807, 2.05) is 24.0 Å². The van der Waals surface area contributed by atoms with Gasteiger partial charge in [-0.1, -0.05) is 15.9 Å². The van der Waals surface area contributed by atoms with E-state index in [-0.39, 0.29) is 5.82 Å². The number of guanidine groups is 1. The fourth-order valence-corrected chi connectivity index (χ4v) is 3.66. The maximum Gasteiger partial charge on any atom is 0.193 e. The molecule has 2 heterocycles. The fraction of sp³-hybridized carbons (Fsp3) is 0.444. The van der Waals surface area contributed by atoms with Crippen molar-refractivity contribution in [2.24, 2.45) is 12.0 Å². The topological polar surface area (TPSA) is 45.5 Å². The Balaban J connectivity index is 1.54. The van der Waals surface area contributed by atoms with Gasteiger partial charge < -0.3 is 10.2 Å². The largest absolute Gasteiger partial charge is 0.356 e. The molecule has 1 N–H and O–H groups in total. The van der Waals surface area contributed by atoms with Crippen LogP contribution in [0.3, 0.4) is 0 Å². The summed E-state index contributed by atoms with van der Waals surface area (Å²) >= 11 is 3.39. The van der Waals surface area contributed by atoms with Crippen molar-refractivity contribution in [3.63, 3.8) is 0 Å². The zero-order valence-corrected chi connectivity index (χ0v) is 16.1. The molecule has 0 spiro atoms. The maximum atomic E-state index is 13.8. The highest BCUT2D eigenvalue weighted by atomic mass is 79.9. The molecule has 1 fully saturated rings. The first-order valence-electron chi connectivity index (χ1n) is 8.45. The Hall–Kier alpha value is -1.89. The second kappa shape index (κ2) is 7.99. The van der Waals surface area contributed by atoms with Crippen LogP contribution in [0.4, 0.5) is 4.39 Å². The highest BCUT2D eigenvalue weighted by Crippen LogP contribution is 2.26. The molecule has 1 aromatic heterocycles. The summed E-state index contributed by atoms with van der Waals surface area (Å²) in [5.74, 6) is 1.19. The minimum absolute atomic E-state index is 0.169. The average Bonchev–Trinajstić information content (AvgIpc) is 3.23. The summed E-state index contributed by atoms with van der Waals surface area (Å²) in [4.78, 5) is 6.64. The van der Waals surface area contributed by atoms with Crippen LogP contribution in [0.5, 0.6) is 0 Å². The molecule has 0 bridgehead atoms. The first kappa shape index (κ1) is 17.9. The first-order chi connectivity index (χ1) is 12.1. The highest BCUT2D eigenvalue weighted by molar-refractivity contribution is 9.10. The molecule has 1 saturated heterocycles. The lowest BCUT2D eigenvalue weighted by atomic mass is 10.0. The summed E-state index contributed by atoms with van der Waals surface area (Å²) in [6.07, 6.45) is 5.73. The molecule has 5 nitrogen and oxygen atoms in total. The van der Waals surface area contributed by atoms with Crippen molar-refractivity contribution in [3.05, 3.63) is 52.0 Å². The fourth-order valence-electron chi connectivity index (χ4n) is 3.25. The third kappa shape index (κ3) is 4.39. The van der Waals surface area contributed by atoms with E-state index in [1.54, 1.807) is 13.1 Å². The van der Waals surface area contributed by atoms with Crippen molar-refractivity contribution in [1.82, 2.24) is 20.0 Å². The van der Waals surface area contributed by atoms with Gasteiger partial charge in [-0.2, -0.15) is 5.10 Å². The lowest BCUT2D eigenvalue weighted by Crippen LogP contribution is -2.40. The summed E-state index contributed by atoms with van der Waals surface area (Å²) in [6, 6.07) is 5.04. The van der Waals surface area contributed by atoms with Gasteiger partial charge >= 0.3 is 0 Å². The lowest BCUT2D eigenvalue weighted by molar-refractivity contribution is 0.486. The van der Waals surface area contributed by atoms with Crippen LogP contribution in [0.2, 0.25) is 0 Å². The Morgan fingerprint density at radius 3 is 3.04 bits per heavy atom. The van der Waals surface area contributed by atoms with E-state index in [1.165, 1.54) is 11.6 Å². The third-order valence-corrected chi connectivity index (χ3v) is 5.07. The summed E-state index contributed by atoms with van der Waals surface area (Å²) < 4.78 is 16.6. The number of nitrogens with zero attached hydrogens (tertiary/aromatic N) is 4. The smallest absolute Gasteiger partial charge is 0.193 e. The van der Waals surface area contributed by atoms with Crippen LogP contribution in [0.25, 0.3) is 0 Å². The average molecular weight is 408 g/mol. The van der Waals surface area contributed by atoms with Gasteiger partial charge in [-0.05, 0) is 42.2 Å². The number of aliphatic imine (C=N–C) groups is 1. The minimum Gasteiger partial charge on any atom is -0.356 e. The molecule has 25 heavy (non-hydrogen) atoms. The van der Waals surface area contributed by atoms with E-state index in [2.05, 4.69) is 42.4 Å². The van der Waals surface area contributed by atoms with Crippen molar-refractivity contribution in [2.75, 3.05) is 26.7 Å². The molecule has 1 atom stereocenters. The number of benzene rings is 1. The van der Waals surface area contributed by atoms with Crippen LogP contribution in [0.15, 0.2) is 40.1 Å². The summed E-state index contributed by atoms with van der Waals surface area (Å²) in [6.45, 7) is 2.54. The number of nitrogens with one attached hydrogen (secondary N) is 1. The first-order valence-corrected chi connectivity index (χ1v) is 9.24. The Kier molecular flexibility index (Phi) is 5.73. The lowest BCUT2D eigenvalue weighted by Gasteiger charge is -2.21. The maximum absolute atomic E-state index is 13.8. The van der Waals surface area contributed by atoms with Crippen LogP contribution in [-0.2, 0) is 13.5 Å². The predicted octanol–water partition coefficient (Wildman–Crippen LogP) is 2.93. The van der Waals surface area contributed by atoms with Gasteiger partial charge in [-0.15, -0.1) is 0 Å². The molecule has 1 aliphatic rings. The molecule has 134 valence electrons. The minimum atomic E-state index is -0.169. The van der Waals surface area contributed by atoms with Gasteiger partial charge in [-0.25, -0.2) is 4.39 Å². The second-order valence-electron chi connectivity index (χ2n) is 6.34. The normalized spacial score (nSPS) is 18.0. The molecule has 7 heteroatoms. The van der Waals surface area contributed by atoms with Gasteiger partial charge in [-0.3, -0.25) is 9.67 Å². The summed E-state index contributed by atoms with van der Waals surface area (Å²) in [5, 5.41) is 7.62. The number of halogens is 2. The zero-order valence-electron chi connectivity index (χ0n) is 14.5. The van der Waals surface area contributed by atoms with Gasteiger partial charge in [0, 0.05) is 50.3 Å². The standard InChI is InChI=1S/C18H23BrFN5/c1-21-18(22-7-5-13-9-16(19)3-4-17(13)20)25-8-6-14(12-25)15-10-23-24(2)11-15/h3-4,9-11,14H,5-8,12H2,1-2H3,(H,21,22). The van der Waals surface area contributed by atoms with Gasteiger partial charge in [0.25, 0.3) is 0 Å². The SMILES string of the molecule is CN=C(NCCc1cc(Br)ccc1F)N1CCC(c2cnn(C)c2)C1. The Morgan fingerprint density at radius 1 is 1.48 bits per heavy atom. The molecule has 1 unspecified atom stereocenters. The van der Waals surface area contributed by atoms with Crippen LogP contribution >= 0.6 is 15.9 Å². The van der Waals surface area contributed by atoms with Crippen LogP contribution < -0.4 is 5.32 Å². The third-order valence-electron chi connectivity index (χ3n) is 4.58. The molecule has 0 amide bonds. The van der Waals surface area contributed by atoms with E-state index in [4.69, 9.17) is 0 Å². The number of hydrogen-bond donors (Lipinski definition) is 1. The number of likely N-dealkylation sites (tertiary alicyclic amines) is 1. The molecular weight excluding hydrogens is 385 g/mol. The molecule has 0 saturated carbocycles. The van der Waals surface area contributed by atoms with Gasteiger partial charge in [0.1, 0.15) is 5.82 Å². The number of aromatic nitrogens is 2. The van der Waals surface area contributed by atoms with Gasteiger partial charge in [0.05, 0.1) is 6.20 Å². The Morgan fingerprint density at radius 2 is 2.32 bits per heavy atom. The summed E-state index contributed by atoms with van der Waals surface area (Å²) in [5.41, 5.74) is 1.98. The van der Waals surface area contributed by atoms with E-state index in [0.29, 0.717) is 24.4 Å². The quantitative estimate of drug-likeness (QED) is 0.625. The Bertz CT molecular complexity index is 758. The predicted molar refractivity (Wildman–Crippen MR) is 101 cm³/mol. The molecule has 3 rings (SSSR count). The van der Waals surface area contributed by atoms with Crippen LogP contribution in [-0.4, -0.2) is 47.3 Å². The number of rotatable bonds is 4. The summed E-state index contributed by atoms with van der Waals surface area (Å²) in [7, 11) is 3.73. The molecular formula is C18H23BrFN5. The molecule has 0 radical (unpaired) electrons. The number of aryl methyl sites for hydroxylation is 1. The van der Waals surface area contributed by atoms with E-state index in [0.717, 1.165) is 29.9 Å². The van der Waals surface area contributed by atoms with Crippen molar-refractivity contribution < 1.29 is 4.39 Å². The number of hydrogen-bond acceptors (Lipinski definition) is 2. The van der Waals surface area contributed by atoms with Gasteiger partial charge in [0.2, 0.25) is 0 Å². The van der Waals surface area contributed by atoms with Crippen LogP contribution in [0.1, 0.15) is 23.5 Å². The van der Waals surface area contributed by atoms with E-state index in [9.17, 15) is 4.39 Å². The molecule has 1 aliphatic heterocycles. The van der Waals surface area contributed by atoms with E-state index >= 15 is 0 Å². The van der Waals surface area contributed by atoms with Crippen molar-refractivity contribution >= 4 is 21.9 Å².